The van der Waals surface area contributed by atoms with Crippen molar-refractivity contribution in [1.29, 1.82) is 0 Å². The number of hydrogen-bond donors (Lipinski definition) is 1. The summed E-state index contributed by atoms with van der Waals surface area (Å²) < 4.78 is 0. The standard InChI is InChI=1S/C22H16Cl2N2O2S/c1-2-28-26-22(27)14-8-10-20-18(12-14)25-21(13-7-9-16(23)17(24)11-13)15-5-3-4-6-19(15)29-20/h3-12H,2H2,1H3,(H,26,27). The minimum Gasteiger partial charge on any atom is -0.274 e. The Morgan fingerprint density at radius 1 is 1.03 bits per heavy atom. The fraction of sp³-hybridized carbons (Fsp3) is 0.0909. The molecule has 0 saturated heterocycles. The summed E-state index contributed by atoms with van der Waals surface area (Å²) in [7, 11) is 0. The van der Waals surface area contributed by atoms with Crippen LogP contribution >= 0.6 is 35.0 Å². The van der Waals surface area contributed by atoms with Crippen LogP contribution in [0.3, 0.4) is 0 Å². The fourth-order valence-electron chi connectivity index (χ4n) is 2.94. The molecule has 0 spiro atoms. The molecule has 0 fully saturated rings. The van der Waals surface area contributed by atoms with Gasteiger partial charge >= 0.3 is 0 Å². The van der Waals surface area contributed by atoms with E-state index < -0.39 is 0 Å². The Balaban J connectivity index is 1.86. The number of nitrogens with one attached hydrogen (secondary N) is 1. The molecular weight excluding hydrogens is 427 g/mol. The van der Waals surface area contributed by atoms with Crippen LogP contribution in [0.2, 0.25) is 10.0 Å². The molecule has 0 aliphatic carbocycles. The van der Waals surface area contributed by atoms with Crippen molar-refractivity contribution in [1.82, 2.24) is 5.48 Å². The lowest BCUT2D eigenvalue weighted by molar-refractivity contribution is 0.0364. The Bertz CT molecular complexity index is 1130. The maximum atomic E-state index is 12.3. The van der Waals surface area contributed by atoms with Crippen molar-refractivity contribution >= 4 is 52.3 Å². The molecule has 0 unspecified atom stereocenters. The molecule has 29 heavy (non-hydrogen) atoms. The number of hydroxylamine groups is 1. The van der Waals surface area contributed by atoms with E-state index in [1.54, 1.807) is 43.0 Å². The predicted molar refractivity (Wildman–Crippen MR) is 118 cm³/mol. The van der Waals surface area contributed by atoms with E-state index in [2.05, 4.69) is 11.5 Å². The molecule has 0 radical (unpaired) electrons. The van der Waals surface area contributed by atoms with Gasteiger partial charge in [0.05, 0.1) is 28.1 Å². The van der Waals surface area contributed by atoms with E-state index in [-0.39, 0.29) is 5.91 Å². The molecular formula is C22H16Cl2N2O2S. The van der Waals surface area contributed by atoms with Gasteiger partial charge in [-0.2, -0.15) is 0 Å². The van der Waals surface area contributed by atoms with Crippen LogP contribution in [-0.4, -0.2) is 18.2 Å². The quantitative estimate of drug-likeness (QED) is 0.376. The van der Waals surface area contributed by atoms with Gasteiger partial charge in [-0.15, -0.1) is 0 Å². The molecule has 4 nitrogen and oxygen atoms in total. The van der Waals surface area contributed by atoms with Crippen LogP contribution in [0.4, 0.5) is 5.69 Å². The van der Waals surface area contributed by atoms with Gasteiger partial charge in [0.2, 0.25) is 0 Å². The minimum absolute atomic E-state index is 0.312. The predicted octanol–water partition coefficient (Wildman–Crippen LogP) is 6.31. The third-order valence-electron chi connectivity index (χ3n) is 4.32. The Labute approximate surface area is 182 Å². The first-order valence-corrected chi connectivity index (χ1v) is 10.5. The summed E-state index contributed by atoms with van der Waals surface area (Å²) in [5, 5.41) is 0.953. The highest BCUT2D eigenvalue weighted by molar-refractivity contribution is 7.99. The Hall–Kier alpha value is -2.31. The number of fused-ring (bicyclic) bond motifs is 2. The summed E-state index contributed by atoms with van der Waals surface area (Å²) in [6, 6.07) is 18.9. The average molecular weight is 443 g/mol. The summed E-state index contributed by atoms with van der Waals surface area (Å²) in [6.07, 6.45) is 0. The van der Waals surface area contributed by atoms with Gasteiger partial charge in [-0.25, -0.2) is 10.5 Å². The third kappa shape index (κ3) is 4.19. The van der Waals surface area contributed by atoms with E-state index >= 15 is 0 Å². The number of aliphatic imine (C=N–C) groups is 1. The van der Waals surface area contributed by atoms with Gasteiger partial charge in [0, 0.05) is 26.5 Å². The van der Waals surface area contributed by atoms with Crippen LogP contribution in [0.5, 0.6) is 0 Å². The number of nitrogens with zero attached hydrogens (tertiary/aromatic N) is 1. The highest BCUT2D eigenvalue weighted by Crippen LogP contribution is 2.42. The second-order valence-corrected chi connectivity index (χ2v) is 8.13. The lowest BCUT2D eigenvalue weighted by Crippen LogP contribution is -2.23. The molecule has 1 aliphatic heterocycles. The van der Waals surface area contributed by atoms with Gasteiger partial charge in [-0.3, -0.25) is 9.63 Å². The SMILES string of the molecule is CCONC(=O)c1ccc2c(c1)N=C(c1ccc(Cl)c(Cl)c1)c1ccccc1S2. The molecule has 0 saturated carbocycles. The number of carbonyl (C=O) groups is 1. The number of hydrogen-bond acceptors (Lipinski definition) is 4. The molecule has 146 valence electrons. The molecule has 0 aromatic heterocycles. The van der Waals surface area contributed by atoms with E-state index in [0.29, 0.717) is 27.9 Å². The van der Waals surface area contributed by atoms with Crippen molar-refractivity contribution in [3.05, 3.63) is 87.4 Å². The summed E-state index contributed by atoms with van der Waals surface area (Å²) in [5.41, 5.74) is 6.21. The van der Waals surface area contributed by atoms with Gasteiger partial charge in [-0.05, 0) is 43.3 Å². The van der Waals surface area contributed by atoms with Crippen LogP contribution < -0.4 is 5.48 Å². The summed E-state index contributed by atoms with van der Waals surface area (Å²) >= 11 is 14.0. The van der Waals surface area contributed by atoms with E-state index in [9.17, 15) is 4.79 Å². The number of rotatable bonds is 4. The lowest BCUT2D eigenvalue weighted by Gasteiger charge is -2.10. The summed E-state index contributed by atoms with van der Waals surface area (Å²) in [6.45, 7) is 2.19. The van der Waals surface area contributed by atoms with Gasteiger partial charge in [-0.1, -0.05) is 59.2 Å². The molecule has 3 aromatic carbocycles. The Morgan fingerprint density at radius 3 is 2.66 bits per heavy atom. The van der Waals surface area contributed by atoms with Crippen LogP contribution in [0, 0.1) is 0 Å². The molecule has 1 amide bonds. The second-order valence-electron chi connectivity index (χ2n) is 6.23. The maximum Gasteiger partial charge on any atom is 0.274 e. The van der Waals surface area contributed by atoms with Crippen LogP contribution in [0.25, 0.3) is 0 Å². The molecule has 1 heterocycles. The monoisotopic (exact) mass is 442 g/mol. The first-order chi connectivity index (χ1) is 14.1. The summed E-state index contributed by atoms with van der Waals surface area (Å²) in [5.74, 6) is -0.312. The maximum absolute atomic E-state index is 12.3. The molecule has 0 atom stereocenters. The van der Waals surface area contributed by atoms with Crippen LogP contribution in [0.1, 0.15) is 28.4 Å². The molecule has 0 bridgehead atoms. The van der Waals surface area contributed by atoms with E-state index in [1.807, 2.05) is 30.3 Å². The van der Waals surface area contributed by atoms with Crippen molar-refractivity contribution in [2.75, 3.05) is 6.61 Å². The van der Waals surface area contributed by atoms with E-state index in [1.165, 1.54) is 0 Å². The van der Waals surface area contributed by atoms with E-state index in [4.69, 9.17) is 33.0 Å². The van der Waals surface area contributed by atoms with Crippen molar-refractivity contribution in [3.8, 4) is 0 Å². The van der Waals surface area contributed by atoms with Crippen molar-refractivity contribution in [2.24, 2.45) is 4.99 Å². The first kappa shape index (κ1) is 20.0. The van der Waals surface area contributed by atoms with Crippen LogP contribution in [-0.2, 0) is 4.84 Å². The first-order valence-electron chi connectivity index (χ1n) is 8.94. The normalized spacial score (nSPS) is 12.4. The highest BCUT2D eigenvalue weighted by Gasteiger charge is 2.20. The number of carbonyl (C=O) groups excluding carboxylic acids is 1. The number of benzene rings is 3. The molecule has 3 aromatic rings. The van der Waals surface area contributed by atoms with Crippen molar-refractivity contribution in [2.45, 2.75) is 16.7 Å². The fourth-order valence-corrected chi connectivity index (χ4v) is 4.24. The van der Waals surface area contributed by atoms with E-state index in [0.717, 1.165) is 26.6 Å². The van der Waals surface area contributed by atoms with Gasteiger partial charge < -0.3 is 0 Å². The largest absolute Gasteiger partial charge is 0.274 e. The zero-order chi connectivity index (χ0) is 20.4. The lowest BCUT2D eigenvalue weighted by atomic mass is 10.0. The topological polar surface area (TPSA) is 50.7 Å². The minimum atomic E-state index is -0.312. The molecule has 1 N–H and O–H groups in total. The smallest absolute Gasteiger partial charge is 0.274 e. The molecule has 1 aliphatic rings. The summed E-state index contributed by atoms with van der Waals surface area (Å²) in [4.78, 5) is 24.3. The van der Waals surface area contributed by atoms with Gasteiger partial charge in [0.15, 0.2) is 0 Å². The second kappa shape index (κ2) is 8.59. The molecule has 4 rings (SSSR count). The van der Waals surface area contributed by atoms with Gasteiger partial charge in [0.1, 0.15) is 0 Å². The zero-order valence-electron chi connectivity index (χ0n) is 15.4. The highest BCUT2D eigenvalue weighted by atomic mass is 35.5. The van der Waals surface area contributed by atoms with Crippen molar-refractivity contribution < 1.29 is 9.63 Å². The van der Waals surface area contributed by atoms with Crippen LogP contribution in [0.15, 0.2) is 75.4 Å². The Kier molecular flexibility index (Phi) is 5.92. The average Bonchev–Trinajstić information content (AvgIpc) is 2.90. The Morgan fingerprint density at radius 2 is 1.86 bits per heavy atom. The number of amides is 1. The molecule has 7 heteroatoms. The van der Waals surface area contributed by atoms with Gasteiger partial charge in [0.25, 0.3) is 5.91 Å². The third-order valence-corrected chi connectivity index (χ3v) is 6.20. The zero-order valence-corrected chi connectivity index (χ0v) is 17.7. The van der Waals surface area contributed by atoms with Crippen molar-refractivity contribution in [3.63, 3.8) is 0 Å². The number of halogens is 2.